The summed E-state index contributed by atoms with van der Waals surface area (Å²) < 4.78 is 0. The van der Waals surface area contributed by atoms with Gasteiger partial charge in [0.1, 0.15) is 0 Å². The Morgan fingerprint density at radius 2 is 1.50 bits per heavy atom. The van der Waals surface area contributed by atoms with Crippen LogP contribution < -0.4 is 11.1 Å². The molecule has 0 atom stereocenters. The summed E-state index contributed by atoms with van der Waals surface area (Å²) in [5.41, 5.74) is 8.32. The third-order valence-corrected chi connectivity index (χ3v) is 3.06. The van der Waals surface area contributed by atoms with Crippen LogP contribution in [-0.2, 0) is 0 Å². The monoisotopic (exact) mass is 267 g/mol. The molecule has 0 aliphatic rings. The molecule has 0 aromatic heterocycles. The largest absolute Gasteiger partial charge is 0.370 e. The normalized spacial score (nSPS) is 11.6. The SMILES string of the molecule is CCCN=C(N)NC(c1ccccc1)c1ccccc1. The van der Waals surface area contributed by atoms with Crippen LogP contribution in [0.25, 0.3) is 0 Å². The van der Waals surface area contributed by atoms with E-state index in [1.807, 2.05) is 36.4 Å². The average Bonchev–Trinajstić information content (AvgIpc) is 2.52. The van der Waals surface area contributed by atoms with Crippen LogP contribution in [0.1, 0.15) is 30.5 Å². The van der Waals surface area contributed by atoms with E-state index in [0.717, 1.165) is 13.0 Å². The summed E-state index contributed by atoms with van der Waals surface area (Å²) in [4.78, 5) is 4.32. The lowest BCUT2D eigenvalue weighted by molar-refractivity contribution is 0.748. The molecule has 3 heteroatoms. The number of guanidine groups is 1. The highest BCUT2D eigenvalue weighted by Gasteiger charge is 2.13. The van der Waals surface area contributed by atoms with E-state index in [0.29, 0.717) is 5.96 Å². The molecule has 0 unspecified atom stereocenters. The molecule has 20 heavy (non-hydrogen) atoms. The summed E-state index contributed by atoms with van der Waals surface area (Å²) in [5.74, 6) is 0.490. The van der Waals surface area contributed by atoms with Crippen molar-refractivity contribution in [2.45, 2.75) is 19.4 Å². The Kier molecular flexibility index (Phi) is 5.18. The van der Waals surface area contributed by atoms with Crippen LogP contribution in [0.2, 0.25) is 0 Å². The summed E-state index contributed by atoms with van der Waals surface area (Å²) in [7, 11) is 0. The van der Waals surface area contributed by atoms with Gasteiger partial charge >= 0.3 is 0 Å². The predicted octanol–water partition coefficient (Wildman–Crippen LogP) is 3.09. The number of rotatable bonds is 5. The highest BCUT2D eigenvalue weighted by Crippen LogP contribution is 2.21. The van der Waals surface area contributed by atoms with Gasteiger partial charge in [-0.3, -0.25) is 4.99 Å². The number of hydrogen-bond acceptors (Lipinski definition) is 1. The lowest BCUT2D eigenvalue weighted by Crippen LogP contribution is -2.35. The topological polar surface area (TPSA) is 50.4 Å². The molecule has 0 radical (unpaired) electrons. The van der Waals surface area contributed by atoms with Crippen molar-refractivity contribution in [1.29, 1.82) is 0 Å². The molecule has 0 aliphatic carbocycles. The number of hydrogen-bond donors (Lipinski definition) is 2. The molecule has 3 nitrogen and oxygen atoms in total. The zero-order valence-electron chi connectivity index (χ0n) is 11.8. The van der Waals surface area contributed by atoms with Crippen LogP contribution in [0, 0.1) is 0 Å². The Labute approximate surface area is 120 Å². The fraction of sp³-hybridized carbons (Fsp3) is 0.235. The van der Waals surface area contributed by atoms with E-state index in [-0.39, 0.29) is 6.04 Å². The van der Waals surface area contributed by atoms with Crippen molar-refractivity contribution < 1.29 is 0 Å². The van der Waals surface area contributed by atoms with E-state index in [1.54, 1.807) is 0 Å². The molecule has 0 saturated heterocycles. The molecule has 104 valence electrons. The molecular weight excluding hydrogens is 246 g/mol. The zero-order chi connectivity index (χ0) is 14.2. The lowest BCUT2D eigenvalue weighted by Gasteiger charge is -2.20. The molecular formula is C17H21N3. The molecule has 2 aromatic rings. The number of benzene rings is 2. The van der Waals surface area contributed by atoms with Gasteiger partial charge in [-0.1, -0.05) is 67.6 Å². The standard InChI is InChI=1S/C17H21N3/c1-2-13-19-17(18)20-16(14-9-5-3-6-10-14)15-11-7-4-8-12-15/h3-12,16H,2,13H2,1H3,(H3,18,19,20). The second kappa shape index (κ2) is 7.34. The number of nitrogens with one attached hydrogen (secondary N) is 1. The van der Waals surface area contributed by atoms with Gasteiger partial charge in [-0.05, 0) is 17.5 Å². The molecule has 0 aliphatic heterocycles. The summed E-state index contributed by atoms with van der Waals surface area (Å²) in [6.07, 6.45) is 0.990. The Bertz CT molecular complexity index is 495. The predicted molar refractivity (Wildman–Crippen MR) is 84.6 cm³/mol. The van der Waals surface area contributed by atoms with Gasteiger partial charge < -0.3 is 11.1 Å². The molecule has 0 amide bonds. The Hall–Kier alpha value is -2.29. The van der Waals surface area contributed by atoms with E-state index in [9.17, 15) is 0 Å². The Morgan fingerprint density at radius 3 is 1.95 bits per heavy atom. The average molecular weight is 267 g/mol. The minimum Gasteiger partial charge on any atom is -0.370 e. The minimum atomic E-state index is 0.0259. The Balaban J connectivity index is 2.26. The van der Waals surface area contributed by atoms with Gasteiger partial charge in [-0.2, -0.15) is 0 Å². The van der Waals surface area contributed by atoms with E-state index in [1.165, 1.54) is 11.1 Å². The molecule has 0 fully saturated rings. The van der Waals surface area contributed by atoms with Crippen molar-refractivity contribution in [2.75, 3.05) is 6.54 Å². The first-order valence-corrected chi connectivity index (χ1v) is 6.97. The molecule has 2 aromatic carbocycles. The second-order valence-electron chi connectivity index (χ2n) is 4.67. The quantitative estimate of drug-likeness (QED) is 0.646. The van der Waals surface area contributed by atoms with Gasteiger partial charge in [-0.25, -0.2) is 0 Å². The van der Waals surface area contributed by atoms with E-state index in [2.05, 4.69) is 41.5 Å². The molecule has 0 spiro atoms. The van der Waals surface area contributed by atoms with Crippen molar-refractivity contribution in [2.24, 2.45) is 10.7 Å². The van der Waals surface area contributed by atoms with Crippen molar-refractivity contribution in [3.05, 3.63) is 71.8 Å². The molecule has 2 rings (SSSR count). The number of nitrogens with two attached hydrogens (primary N) is 1. The molecule has 0 saturated carbocycles. The zero-order valence-corrected chi connectivity index (χ0v) is 11.8. The highest BCUT2D eigenvalue weighted by molar-refractivity contribution is 5.78. The highest BCUT2D eigenvalue weighted by atomic mass is 15.1. The molecule has 0 heterocycles. The smallest absolute Gasteiger partial charge is 0.189 e. The number of nitrogens with zero attached hydrogens (tertiary/aromatic N) is 1. The van der Waals surface area contributed by atoms with Crippen molar-refractivity contribution in [1.82, 2.24) is 5.32 Å². The first-order valence-electron chi connectivity index (χ1n) is 6.97. The third kappa shape index (κ3) is 3.85. The first kappa shape index (κ1) is 14.1. The van der Waals surface area contributed by atoms with Crippen molar-refractivity contribution in [3.8, 4) is 0 Å². The van der Waals surface area contributed by atoms with Gasteiger partial charge in [0.2, 0.25) is 0 Å². The third-order valence-electron chi connectivity index (χ3n) is 3.06. The summed E-state index contributed by atoms with van der Waals surface area (Å²) in [6.45, 7) is 2.83. The van der Waals surface area contributed by atoms with Crippen molar-refractivity contribution in [3.63, 3.8) is 0 Å². The Morgan fingerprint density at radius 1 is 1.00 bits per heavy atom. The van der Waals surface area contributed by atoms with E-state index >= 15 is 0 Å². The summed E-state index contributed by atoms with van der Waals surface area (Å²) in [6, 6.07) is 20.6. The van der Waals surface area contributed by atoms with Gasteiger partial charge in [0.25, 0.3) is 0 Å². The van der Waals surface area contributed by atoms with Crippen LogP contribution in [-0.4, -0.2) is 12.5 Å². The van der Waals surface area contributed by atoms with Gasteiger partial charge in [0, 0.05) is 6.54 Å². The first-order chi connectivity index (χ1) is 9.81. The van der Waals surface area contributed by atoms with E-state index in [4.69, 9.17) is 5.73 Å². The molecule has 3 N–H and O–H groups in total. The van der Waals surface area contributed by atoms with Gasteiger partial charge in [0.15, 0.2) is 5.96 Å². The maximum Gasteiger partial charge on any atom is 0.189 e. The van der Waals surface area contributed by atoms with Crippen LogP contribution in [0.3, 0.4) is 0 Å². The van der Waals surface area contributed by atoms with Crippen LogP contribution in [0.5, 0.6) is 0 Å². The maximum absolute atomic E-state index is 5.97. The second-order valence-corrected chi connectivity index (χ2v) is 4.67. The summed E-state index contributed by atoms with van der Waals surface area (Å²) >= 11 is 0. The van der Waals surface area contributed by atoms with Crippen LogP contribution in [0.4, 0.5) is 0 Å². The minimum absolute atomic E-state index is 0.0259. The fourth-order valence-electron chi connectivity index (χ4n) is 2.08. The van der Waals surface area contributed by atoms with Crippen LogP contribution in [0.15, 0.2) is 65.7 Å². The maximum atomic E-state index is 5.97. The number of aliphatic imine (C=N–C) groups is 1. The summed E-state index contributed by atoms with van der Waals surface area (Å²) in [5, 5.41) is 3.31. The van der Waals surface area contributed by atoms with Gasteiger partial charge in [-0.15, -0.1) is 0 Å². The van der Waals surface area contributed by atoms with E-state index < -0.39 is 0 Å². The molecule has 0 bridgehead atoms. The van der Waals surface area contributed by atoms with Gasteiger partial charge in [0.05, 0.1) is 6.04 Å². The fourth-order valence-corrected chi connectivity index (χ4v) is 2.08. The lowest BCUT2D eigenvalue weighted by atomic mass is 9.99. The van der Waals surface area contributed by atoms with Crippen LogP contribution >= 0.6 is 0 Å². The van der Waals surface area contributed by atoms with Crippen molar-refractivity contribution >= 4 is 5.96 Å².